The van der Waals surface area contributed by atoms with Crippen LogP contribution in [0, 0.1) is 17.2 Å². The second kappa shape index (κ2) is 6.24. The fourth-order valence-electron chi connectivity index (χ4n) is 2.37. The zero-order chi connectivity index (χ0) is 17.2. The van der Waals surface area contributed by atoms with E-state index in [0.29, 0.717) is 5.56 Å². The highest BCUT2D eigenvalue weighted by atomic mass is 16.5. The number of nitrogens with one attached hydrogen (secondary N) is 1. The summed E-state index contributed by atoms with van der Waals surface area (Å²) in [6, 6.07) is 3.52. The Bertz CT molecular complexity index is 697. The number of hydrogen-bond donors (Lipinski definition) is 1. The topological polar surface area (TPSA) is 101 Å². The van der Waals surface area contributed by atoms with Gasteiger partial charge in [-0.2, -0.15) is 5.26 Å². The number of aromatic nitrogens is 1. The summed E-state index contributed by atoms with van der Waals surface area (Å²) < 4.78 is 6.43. The molecule has 2 rings (SSSR count). The van der Waals surface area contributed by atoms with Gasteiger partial charge < -0.3 is 14.6 Å². The summed E-state index contributed by atoms with van der Waals surface area (Å²) in [5.74, 6) is -1.22. The first-order valence-corrected chi connectivity index (χ1v) is 7.33. The minimum absolute atomic E-state index is 0.151. The van der Waals surface area contributed by atoms with Gasteiger partial charge in [0.15, 0.2) is 12.4 Å². The Morgan fingerprint density at radius 3 is 2.61 bits per heavy atom. The molecule has 1 aromatic rings. The fourth-order valence-corrected chi connectivity index (χ4v) is 2.37. The van der Waals surface area contributed by atoms with Gasteiger partial charge in [0.05, 0.1) is 6.07 Å². The molecular weight excluding hydrogens is 298 g/mol. The van der Waals surface area contributed by atoms with Crippen LogP contribution in [-0.2, 0) is 16.6 Å². The Labute approximate surface area is 134 Å². The summed E-state index contributed by atoms with van der Waals surface area (Å²) in [4.78, 5) is 35.2. The minimum atomic E-state index is -0.920. The Balaban J connectivity index is 1.93. The first-order chi connectivity index (χ1) is 10.8. The largest absolute Gasteiger partial charge is 0.451 e. The molecule has 1 amide bonds. The highest BCUT2D eigenvalue weighted by Gasteiger charge is 2.43. The van der Waals surface area contributed by atoms with Crippen molar-refractivity contribution in [2.75, 3.05) is 6.61 Å². The average molecular weight is 317 g/mol. The van der Waals surface area contributed by atoms with Gasteiger partial charge in [0.25, 0.3) is 5.91 Å². The molecule has 0 unspecified atom stereocenters. The van der Waals surface area contributed by atoms with Crippen molar-refractivity contribution in [2.24, 2.45) is 13.0 Å². The summed E-state index contributed by atoms with van der Waals surface area (Å²) in [5, 5.41) is 11.8. The second-order valence-corrected chi connectivity index (χ2v) is 5.99. The molecule has 1 fully saturated rings. The zero-order valence-corrected chi connectivity index (χ0v) is 13.4. The first kappa shape index (κ1) is 16.7. The molecule has 0 saturated heterocycles. The molecule has 0 spiro atoms. The summed E-state index contributed by atoms with van der Waals surface area (Å²) in [6.07, 6.45) is 3.33. The van der Waals surface area contributed by atoms with Crippen molar-refractivity contribution in [3.63, 3.8) is 0 Å². The molecule has 1 aliphatic carbocycles. The molecule has 0 bridgehead atoms. The Morgan fingerprint density at radius 2 is 2.13 bits per heavy atom. The molecule has 0 aliphatic heterocycles. The van der Waals surface area contributed by atoms with Gasteiger partial charge >= 0.3 is 5.97 Å². The fraction of sp³-hybridized carbons (Fsp3) is 0.500. The highest BCUT2D eigenvalue weighted by Crippen LogP contribution is 2.39. The lowest BCUT2D eigenvalue weighted by Gasteiger charge is -2.22. The Hall–Kier alpha value is -2.62. The molecule has 1 saturated carbocycles. The predicted molar refractivity (Wildman–Crippen MR) is 80.6 cm³/mol. The van der Waals surface area contributed by atoms with Gasteiger partial charge in [-0.1, -0.05) is 0 Å². The van der Waals surface area contributed by atoms with Crippen LogP contribution >= 0.6 is 0 Å². The number of carbonyl (C=O) groups is 3. The SMILES string of the molecule is CC(=O)c1cc(C(=O)OCC(=O)N[C@](C)(C#N)C2CC2)n(C)c1. The van der Waals surface area contributed by atoms with Gasteiger partial charge in [-0.05, 0) is 38.7 Å². The van der Waals surface area contributed by atoms with E-state index in [0.717, 1.165) is 12.8 Å². The van der Waals surface area contributed by atoms with Crippen LogP contribution in [-0.4, -0.2) is 34.4 Å². The standard InChI is InChI=1S/C16H19N3O4/c1-10(20)11-6-13(19(3)7-11)15(22)23-8-14(21)18-16(2,9-17)12-4-5-12/h6-7,12H,4-5,8H2,1-3H3,(H,18,21)/t16-/m1/s1. The quantitative estimate of drug-likeness (QED) is 0.627. The van der Waals surface area contributed by atoms with Crippen molar-refractivity contribution in [1.82, 2.24) is 9.88 Å². The van der Waals surface area contributed by atoms with E-state index in [1.165, 1.54) is 23.8 Å². The number of ketones is 1. The Morgan fingerprint density at radius 1 is 1.48 bits per heavy atom. The van der Waals surface area contributed by atoms with E-state index < -0.39 is 24.0 Å². The number of nitrogens with zero attached hydrogens (tertiary/aromatic N) is 2. The van der Waals surface area contributed by atoms with Crippen LogP contribution in [0.1, 0.15) is 47.5 Å². The van der Waals surface area contributed by atoms with Crippen molar-refractivity contribution < 1.29 is 19.1 Å². The lowest BCUT2D eigenvalue weighted by Crippen LogP contribution is -2.48. The number of Topliss-reactive ketones (excluding diaryl/α,β-unsaturated/α-hetero) is 1. The molecule has 1 aromatic heterocycles. The van der Waals surface area contributed by atoms with E-state index >= 15 is 0 Å². The van der Waals surface area contributed by atoms with Crippen molar-refractivity contribution >= 4 is 17.7 Å². The van der Waals surface area contributed by atoms with Crippen LogP contribution in [0.25, 0.3) is 0 Å². The van der Waals surface area contributed by atoms with Gasteiger partial charge in [-0.3, -0.25) is 9.59 Å². The third-order valence-electron chi connectivity index (χ3n) is 3.98. The van der Waals surface area contributed by atoms with Gasteiger partial charge in [0.1, 0.15) is 11.2 Å². The molecule has 0 aromatic carbocycles. The zero-order valence-electron chi connectivity index (χ0n) is 13.4. The molecule has 1 atom stereocenters. The smallest absolute Gasteiger partial charge is 0.355 e. The molecule has 0 radical (unpaired) electrons. The van der Waals surface area contributed by atoms with Crippen LogP contribution in [0.3, 0.4) is 0 Å². The monoisotopic (exact) mass is 317 g/mol. The van der Waals surface area contributed by atoms with Gasteiger partial charge in [-0.15, -0.1) is 0 Å². The number of esters is 1. The lowest BCUT2D eigenvalue weighted by atomic mass is 9.98. The molecular formula is C16H19N3O4. The summed E-state index contributed by atoms with van der Waals surface area (Å²) in [5.41, 5.74) is -0.334. The van der Waals surface area contributed by atoms with Crippen LogP contribution in [0.15, 0.2) is 12.3 Å². The number of rotatable bonds is 6. The van der Waals surface area contributed by atoms with Crippen LogP contribution in [0.4, 0.5) is 0 Å². The number of nitriles is 1. The number of carbonyl (C=O) groups excluding carboxylic acids is 3. The average Bonchev–Trinajstić information content (AvgIpc) is 3.28. The highest BCUT2D eigenvalue weighted by molar-refractivity contribution is 5.98. The molecule has 7 heteroatoms. The van der Waals surface area contributed by atoms with E-state index in [1.54, 1.807) is 14.0 Å². The van der Waals surface area contributed by atoms with Crippen molar-refractivity contribution in [2.45, 2.75) is 32.2 Å². The second-order valence-electron chi connectivity index (χ2n) is 5.99. The predicted octanol–water partition coefficient (Wildman–Crippen LogP) is 1.19. The van der Waals surface area contributed by atoms with Crippen molar-refractivity contribution in [1.29, 1.82) is 5.26 Å². The Kier molecular flexibility index (Phi) is 4.55. The number of ether oxygens (including phenoxy) is 1. The maximum atomic E-state index is 12.0. The maximum Gasteiger partial charge on any atom is 0.355 e. The van der Waals surface area contributed by atoms with Gasteiger partial charge in [0, 0.05) is 18.8 Å². The summed E-state index contributed by atoms with van der Waals surface area (Å²) in [6.45, 7) is 2.60. The molecule has 1 heterocycles. The van der Waals surface area contributed by atoms with Gasteiger partial charge in [0.2, 0.25) is 0 Å². The third kappa shape index (κ3) is 3.77. The summed E-state index contributed by atoms with van der Waals surface area (Å²) >= 11 is 0. The van der Waals surface area contributed by atoms with Gasteiger partial charge in [-0.25, -0.2) is 4.79 Å². The van der Waals surface area contributed by atoms with Crippen molar-refractivity contribution in [3.8, 4) is 6.07 Å². The van der Waals surface area contributed by atoms with E-state index in [-0.39, 0.29) is 17.4 Å². The van der Waals surface area contributed by atoms with E-state index in [2.05, 4.69) is 11.4 Å². The molecule has 1 N–H and O–H groups in total. The minimum Gasteiger partial charge on any atom is -0.451 e. The molecule has 1 aliphatic rings. The third-order valence-corrected chi connectivity index (χ3v) is 3.98. The van der Waals surface area contributed by atoms with E-state index in [4.69, 9.17) is 4.74 Å². The number of amides is 1. The van der Waals surface area contributed by atoms with Crippen LogP contribution in [0.2, 0.25) is 0 Å². The van der Waals surface area contributed by atoms with Crippen LogP contribution in [0.5, 0.6) is 0 Å². The van der Waals surface area contributed by atoms with E-state index in [9.17, 15) is 19.6 Å². The number of hydrogen-bond acceptors (Lipinski definition) is 5. The first-order valence-electron chi connectivity index (χ1n) is 7.33. The maximum absolute atomic E-state index is 12.0. The molecule has 122 valence electrons. The van der Waals surface area contributed by atoms with Crippen molar-refractivity contribution in [3.05, 3.63) is 23.5 Å². The lowest BCUT2D eigenvalue weighted by molar-refractivity contribution is -0.125. The summed E-state index contributed by atoms with van der Waals surface area (Å²) in [7, 11) is 1.61. The molecule has 7 nitrogen and oxygen atoms in total. The van der Waals surface area contributed by atoms with Crippen LogP contribution < -0.4 is 5.32 Å². The van der Waals surface area contributed by atoms with E-state index in [1.807, 2.05) is 0 Å². The number of aryl methyl sites for hydroxylation is 1. The normalized spacial score (nSPS) is 16.1. The molecule has 23 heavy (non-hydrogen) atoms.